The van der Waals surface area contributed by atoms with E-state index in [1.54, 1.807) is 0 Å². The SMILES string of the molecule is Cc1cccc(Cn2c(Cc3ccccc3Cl)nc3ccccc32)c1. The monoisotopic (exact) mass is 346 g/mol. The molecule has 0 amide bonds. The van der Waals surface area contributed by atoms with E-state index in [0.29, 0.717) is 0 Å². The van der Waals surface area contributed by atoms with Crippen LogP contribution in [0.25, 0.3) is 11.0 Å². The number of rotatable bonds is 4. The lowest BCUT2D eigenvalue weighted by atomic mass is 10.1. The summed E-state index contributed by atoms with van der Waals surface area (Å²) in [6.45, 7) is 2.93. The summed E-state index contributed by atoms with van der Waals surface area (Å²) in [4.78, 5) is 4.87. The summed E-state index contributed by atoms with van der Waals surface area (Å²) in [5.74, 6) is 1.04. The molecule has 0 aliphatic heterocycles. The predicted molar refractivity (Wildman–Crippen MR) is 104 cm³/mol. The van der Waals surface area contributed by atoms with Gasteiger partial charge in [-0.25, -0.2) is 4.98 Å². The van der Waals surface area contributed by atoms with Crippen LogP contribution in [-0.2, 0) is 13.0 Å². The zero-order valence-electron chi connectivity index (χ0n) is 14.1. The molecule has 0 saturated carbocycles. The Bertz CT molecular complexity index is 1030. The third kappa shape index (κ3) is 3.31. The van der Waals surface area contributed by atoms with Crippen LogP contribution in [-0.4, -0.2) is 9.55 Å². The number of hydrogen-bond acceptors (Lipinski definition) is 1. The second-order valence-corrected chi connectivity index (χ2v) is 6.77. The first kappa shape index (κ1) is 15.9. The minimum atomic E-state index is 0.722. The number of nitrogens with zero attached hydrogens (tertiary/aromatic N) is 2. The Morgan fingerprint density at radius 2 is 1.72 bits per heavy atom. The molecular weight excluding hydrogens is 328 g/mol. The Balaban J connectivity index is 1.79. The molecule has 0 fully saturated rings. The van der Waals surface area contributed by atoms with Crippen molar-refractivity contribution in [2.45, 2.75) is 19.9 Å². The van der Waals surface area contributed by atoms with Crippen molar-refractivity contribution in [1.29, 1.82) is 0 Å². The van der Waals surface area contributed by atoms with Crippen molar-refractivity contribution in [3.05, 3.63) is 100 Å². The average Bonchev–Trinajstić information content (AvgIpc) is 2.95. The van der Waals surface area contributed by atoms with Gasteiger partial charge in [-0.05, 0) is 36.2 Å². The van der Waals surface area contributed by atoms with E-state index in [2.05, 4.69) is 60.0 Å². The van der Waals surface area contributed by atoms with Crippen LogP contribution in [0.2, 0.25) is 5.02 Å². The fourth-order valence-corrected chi connectivity index (χ4v) is 3.44. The maximum absolute atomic E-state index is 6.37. The molecule has 0 atom stereocenters. The zero-order valence-corrected chi connectivity index (χ0v) is 14.9. The minimum absolute atomic E-state index is 0.722. The van der Waals surface area contributed by atoms with Gasteiger partial charge in [0.05, 0.1) is 11.0 Å². The lowest BCUT2D eigenvalue weighted by Crippen LogP contribution is -2.06. The number of hydrogen-bond donors (Lipinski definition) is 0. The molecule has 3 aromatic carbocycles. The van der Waals surface area contributed by atoms with Gasteiger partial charge in [-0.2, -0.15) is 0 Å². The van der Waals surface area contributed by atoms with E-state index in [1.807, 2.05) is 24.3 Å². The predicted octanol–water partition coefficient (Wildman–Crippen LogP) is 5.64. The maximum atomic E-state index is 6.37. The van der Waals surface area contributed by atoms with E-state index in [-0.39, 0.29) is 0 Å². The molecular formula is C22H19ClN2. The zero-order chi connectivity index (χ0) is 17.2. The highest BCUT2D eigenvalue weighted by Gasteiger charge is 2.13. The summed E-state index contributed by atoms with van der Waals surface area (Å²) >= 11 is 6.37. The highest BCUT2D eigenvalue weighted by Crippen LogP contribution is 2.23. The molecule has 0 aliphatic rings. The molecule has 1 aromatic heterocycles. The van der Waals surface area contributed by atoms with Crippen molar-refractivity contribution in [1.82, 2.24) is 9.55 Å². The Morgan fingerprint density at radius 3 is 2.56 bits per heavy atom. The number of benzene rings is 3. The first-order valence-corrected chi connectivity index (χ1v) is 8.81. The van der Waals surface area contributed by atoms with E-state index >= 15 is 0 Å². The summed E-state index contributed by atoms with van der Waals surface area (Å²) in [6, 6.07) is 24.9. The molecule has 0 N–H and O–H groups in total. The maximum Gasteiger partial charge on any atom is 0.114 e. The number of aromatic nitrogens is 2. The van der Waals surface area contributed by atoms with E-state index < -0.39 is 0 Å². The molecule has 3 heteroatoms. The minimum Gasteiger partial charge on any atom is -0.323 e. The molecule has 0 spiro atoms. The van der Waals surface area contributed by atoms with Crippen LogP contribution >= 0.6 is 11.6 Å². The average molecular weight is 347 g/mol. The van der Waals surface area contributed by atoms with Gasteiger partial charge in [-0.15, -0.1) is 0 Å². The molecule has 25 heavy (non-hydrogen) atoms. The molecule has 4 rings (SSSR count). The topological polar surface area (TPSA) is 17.8 Å². The second kappa shape index (κ2) is 6.73. The Hall–Kier alpha value is -2.58. The molecule has 4 aromatic rings. The van der Waals surface area contributed by atoms with E-state index in [9.17, 15) is 0 Å². The van der Waals surface area contributed by atoms with Gasteiger partial charge in [0.1, 0.15) is 5.82 Å². The molecule has 0 aliphatic carbocycles. The van der Waals surface area contributed by atoms with Gasteiger partial charge in [0.15, 0.2) is 0 Å². The number of fused-ring (bicyclic) bond motifs is 1. The van der Waals surface area contributed by atoms with Gasteiger partial charge in [-0.1, -0.05) is 71.8 Å². The number of imidazole rings is 1. The summed E-state index contributed by atoms with van der Waals surface area (Å²) in [5, 5.41) is 0.789. The summed E-state index contributed by atoms with van der Waals surface area (Å²) in [5.41, 5.74) is 5.84. The van der Waals surface area contributed by atoms with Crippen molar-refractivity contribution in [2.75, 3.05) is 0 Å². The van der Waals surface area contributed by atoms with Crippen LogP contribution in [0.5, 0.6) is 0 Å². The number of para-hydroxylation sites is 2. The van der Waals surface area contributed by atoms with E-state index in [1.165, 1.54) is 11.1 Å². The normalized spacial score (nSPS) is 11.1. The summed E-state index contributed by atoms with van der Waals surface area (Å²) in [7, 11) is 0. The van der Waals surface area contributed by atoms with Gasteiger partial charge >= 0.3 is 0 Å². The smallest absolute Gasteiger partial charge is 0.114 e. The third-order valence-electron chi connectivity index (χ3n) is 4.46. The van der Waals surface area contributed by atoms with Gasteiger partial charge < -0.3 is 4.57 Å². The van der Waals surface area contributed by atoms with Crippen LogP contribution in [0.1, 0.15) is 22.5 Å². The van der Waals surface area contributed by atoms with Crippen LogP contribution in [0.4, 0.5) is 0 Å². The standard InChI is InChI=1S/C22H19ClN2/c1-16-7-6-8-17(13-16)15-25-21-12-5-4-11-20(21)24-22(25)14-18-9-2-3-10-19(18)23/h2-13H,14-15H2,1H3. The largest absolute Gasteiger partial charge is 0.323 e. The molecule has 2 nitrogen and oxygen atoms in total. The van der Waals surface area contributed by atoms with Gasteiger partial charge in [0.2, 0.25) is 0 Å². The van der Waals surface area contributed by atoms with Gasteiger partial charge in [-0.3, -0.25) is 0 Å². The molecule has 0 bridgehead atoms. The summed E-state index contributed by atoms with van der Waals surface area (Å²) in [6.07, 6.45) is 0.722. The van der Waals surface area contributed by atoms with Gasteiger partial charge in [0.25, 0.3) is 0 Å². The van der Waals surface area contributed by atoms with Crippen molar-refractivity contribution in [3.63, 3.8) is 0 Å². The first-order valence-electron chi connectivity index (χ1n) is 8.44. The van der Waals surface area contributed by atoms with Crippen LogP contribution in [0.3, 0.4) is 0 Å². The highest BCUT2D eigenvalue weighted by molar-refractivity contribution is 6.31. The quantitative estimate of drug-likeness (QED) is 0.467. The van der Waals surface area contributed by atoms with Crippen molar-refractivity contribution in [2.24, 2.45) is 0 Å². The molecule has 124 valence electrons. The molecule has 0 unspecified atom stereocenters. The van der Waals surface area contributed by atoms with Crippen molar-refractivity contribution in [3.8, 4) is 0 Å². The lowest BCUT2D eigenvalue weighted by Gasteiger charge is -2.11. The fraction of sp³-hybridized carbons (Fsp3) is 0.136. The van der Waals surface area contributed by atoms with Gasteiger partial charge in [0, 0.05) is 18.0 Å². The number of aryl methyl sites for hydroxylation is 1. The fourth-order valence-electron chi connectivity index (χ4n) is 3.24. The van der Waals surface area contributed by atoms with E-state index in [0.717, 1.165) is 40.4 Å². The van der Waals surface area contributed by atoms with Crippen LogP contribution in [0.15, 0.2) is 72.8 Å². The van der Waals surface area contributed by atoms with Crippen molar-refractivity contribution >= 4 is 22.6 Å². The van der Waals surface area contributed by atoms with Crippen molar-refractivity contribution < 1.29 is 0 Å². The lowest BCUT2D eigenvalue weighted by molar-refractivity contribution is 0.762. The Morgan fingerprint density at radius 1 is 0.920 bits per heavy atom. The Kier molecular flexibility index (Phi) is 4.29. The second-order valence-electron chi connectivity index (χ2n) is 6.36. The summed E-state index contributed by atoms with van der Waals surface area (Å²) < 4.78 is 2.30. The van der Waals surface area contributed by atoms with E-state index in [4.69, 9.17) is 16.6 Å². The highest BCUT2D eigenvalue weighted by atomic mass is 35.5. The molecule has 0 radical (unpaired) electrons. The molecule has 1 heterocycles. The first-order chi connectivity index (χ1) is 12.2. The number of halogens is 1. The molecule has 0 saturated heterocycles. The third-order valence-corrected chi connectivity index (χ3v) is 4.83. The van der Waals surface area contributed by atoms with Crippen LogP contribution < -0.4 is 0 Å². The van der Waals surface area contributed by atoms with Crippen LogP contribution in [0, 0.1) is 6.92 Å². The Labute approximate surface area is 152 Å².